The number of carboxylic acid groups (broad SMARTS) is 1. The van der Waals surface area contributed by atoms with Crippen molar-refractivity contribution in [1.82, 2.24) is 0 Å². The van der Waals surface area contributed by atoms with Crippen LogP contribution in [0.15, 0.2) is 11.6 Å². The number of hydrogen-bond donors (Lipinski definition) is 1. The van der Waals surface area contributed by atoms with Gasteiger partial charge in [0.15, 0.2) is 0 Å². The Kier molecular flexibility index (Phi) is 4.24. The van der Waals surface area contributed by atoms with E-state index in [0.717, 1.165) is 38.5 Å². The molecule has 0 aromatic carbocycles. The summed E-state index contributed by atoms with van der Waals surface area (Å²) in [6, 6.07) is 0. The molecule has 0 heterocycles. The molecule has 0 radical (unpaired) electrons. The number of fused-ring (bicyclic) bond motifs is 5. The van der Waals surface area contributed by atoms with E-state index < -0.39 is 5.97 Å². The van der Waals surface area contributed by atoms with E-state index in [4.69, 9.17) is 4.74 Å². The molecule has 4 aliphatic rings. The average molecular weight is 360 g/mol. The summed E-state index contributed by atoms with van der Waals surface area (Å²) in [4.78, 5) is 23.1. The average Bonchev–Trinajstić information content (AvgIpc) is 2.89. The lowest BCUT2D eigenvalue weighted by molar-refractivity contribution is -0.160. The first kappa shape index (κ1) is 18.1. The molecule has 0 aliphatic heterocycles. The second-order valence-electron chi connectivity index (χ2n) is 9.82. The summed E-state index contributed by atoms with van der Waals surface area (Å²) >= 11 is 0. The smallest absolute Gasteiger partial charge is 0.331 e. The van der Waals surface area contributed by atoms with Crippen LogP contribution in [0.2, 0.25) is 0 Å². The van der Waals surface area contributed by atoms with Gasteiger partial charge in [-0.2, -0.15) is 0 Å². The molecule has 0 bridgehead atoms. The van der Waals surface area contributed by atoms with E-state index in [1.54, 1.807) is 0 Å². The highest BCUT2D eigenvalue weighted by atomic mass is 16.5. The molecule has 0 aromatic heterocycles. The maximum absolute atomic E-state index is 11.6. The van der Waals surface area contributed by atoms with Crippen LogP contribution >= 0.6 is 0 Å². The van der Waals surface area contributed by atoms with Crippen LogP contribution < -0.4 is 0 Å². The highest BCUT2D eigenvalue weighted by Crippen LogP contribution is 2.66. The number of allylic oxidation sites excluding steroid dienone is 1. The van der Waals surface area contributed by atoms with Gasteiger partial charge >= 0.3 is 11.9 Å². The first-order valence-electron chi connectivity index (χ1n) is 10.4. The highest BCUT2D eigenvalue weighted by molar-refractivity contribution is 5.86. The molecule has 7 atom stereocenters. The van der Waals surface area contributed by atoms with Crippen LogP contribution in [0.1, 0.15) is 72.1 Å². The number of carbonyl (C=O) groups excluding carboxylic acids is 1. The summed E-state index contributed by atoms with van der Waals surface area (Å²) in [6.45, 7) is 6.23. The fourth-order valence-corrected chi connectivity index (χ4v) is 7.47. The standard InChI is InChI=1S/C22H32O4/c1-13(23)26-19-9-8-17-16-7-6-15-5-4-14(20(24)25)12-22(15,3)18(16)10-11-21(17,19)2/h4,15-19H,5-12H2,1-3H3,(H,24,25)/t15-,16+,17+,18+,19+,21+,22+/m1/s1. The van der Waals surface area contributed by atoms with E-state index in [1.165, 1.54) is 19.8 Å². The molecule has 0 amide bonds. The number of carboxylic acids is 1. The Labute approximate surface area is 156 Å². The van der Waals surface area contributed by atoms with Crippen LogP contribution in [0.5, 0.6) is 0 Å². The highest BCUT2D eigenvalue weighted by Gasteiger charge is 2.60. The third-order valence-electron chi connectivity index (χ3n) is 8.78. The molecule has 0 spiro atoms. The fourth-order valence-electron chi connectivity index (χ4n) is 7.47. The first-order valence-corrected chi connectivity index (χ1v) is 10.4. The van der Waals surface area contributed by atoms with Gasteiger partial charge in [0.25, 0.3) is 0 Å². The summed E-state index contributed by atoms with van der Waals surface area (Å²) in [6.07, 6.45) is 10.6. The molecule has 1 N–H and O–H groups in total. The predicted molar refractivity (Wildman–Crippen MR) is 98.4 cm³/mol. The monoisotopic (exact) mass is 360 g/mol. The Bertz CT molecular complexity index is 653. The number of hydrogen-bond acceptors (Lipinski definition) is 3. The third kappa shape index (κ3) is 2.55. The minimum Gasteiger partial charge on any atom is -0.478 e. The van der Waals surface area contributed by atoms with Gasteiger partial charge < -0.3 is 9.84 Å². The van der Waals surface area contributed by atoms with Gasteiger partial charge in [-0.1, -0.05) is 19.9 Å². The van der Waals surface area contributed by atoms with Crippen LogP contribution in [0.4, 0.5) is 0 Å². The molecule has 3 fully saturated rings. The van der Waals surface area contributed by atoms with Crippen molar-refractivity contribution in [3.05, 3.63) is 11.6 Å². The molecule has 4 heteroatoms. The minimum absolute atomic E-state index is 0.0670. The Hall–Kier alpha value is -1.32. The quantitative estimate of drug-likeness (QED) is 0.732. The Balaban J connectivity index is 1.60. The van der Waals surface area contributed by atoms with Crippen molar-refractivity contribution in [2.45, 2.75) is 78.2 Å². The first-order chi connectivity index (χ1) is 12.3. The van der Waals surface area contributed by atoms with Crippen molar-refractivity contribution in [2.24, 2.45) is 34.5 Å². The predicted octanol–water partition coefficient (Wildman–Crippen LogP) is 4.58. The summed E-state index contributed by atoms with van der Waals surface area (Å²) in [5.41, 5.74) is 0.851. The second-order valence-corrected chi connectivity index (χ2v) is 9.82. The molecule has 0 aromatic rings. The van der Waals surface area contributed by atoms with Gasteiger partial charge in [-0.15, -0.1) is 0 Å². The maximum atomic E-state index is 11.6. The van der Waals surface area contributed by atoms with E-state index in [-0.39, 0.29) is 22.9 Å². The van der Waals surface area contributed by atoms with Crippen molar-refractivity contribution < 1.29 is 19.4 Å². The number of aliphatic carboxylic acids is 1. The summed E-state index contributed by atoms with van der Waals surface area (Å²) < 4.78 is 5.72. The Morgan fingerprint density at radius 3 is 2.50 bits per heavy atom. The van der Waals surface area contributed by atoms with Crippen LogP contribution in [0.25, 0.3) is 0 Å². The lowest BCUT2D eigenvalue weighted by Gasteiger charge is -2.59. The van der Waals surface area contributed by atoms with E-state index in [9.17, 15) is 14.7 Å². The largest absolute Gasteiger partial charge is 0.478 e. The van der Waals surface area contributed by atoms with Gasteiger partial charge in [-0.25, -0.2) is 4.79 Å². The van der Waals surface area contributed by atoms with Crippen molar-refractivity contribution in [2.75, 3.05) is 0 Å². The van der Waals surface area contributed by atoms with Crippen LogP contribution in [-0.4, -0.2) is 23.1 Å². The van der Waals surface area contributed by atoms with Crippen LogP contribution in [0.3, 0.4) is 0 Å². The number of carbonyl (C=O) groups is 2. The molecular formula is C22H32O4. The van der Waals surface area contributed by atoms with Gasteiger partial charge in [0, 0.05) is 17.9 Å². The number of esters is 1. The van der Waals surface area contributed by atoms with Gasteiger partial charge in [-0.05, 0) is 80.5 Å². The van der Waals surface area contributed by atoms with Crippen molar-refractivity contribution in [1.29, 1.82) is 0 Å². The van der Waals surface area contributed by atoms with E-state index in [0.29, 0.717) is 29.2 Å². The molecule has 4 nitrogen and oxygen atoms in total. The van der Waals surface area contributed by atoms with Crippen molar-refractivity contribution in [3.63, 3.8) is 0 Å². The van der Waals surface area contributed by atoms with Gasteiger partial charge in [0.2, 0.25) is 0 Å². The summed E-state index contributed by atoms with van der Waals surface area (Å²) in [7, 11) is 0. The molecule has 144 valence electrons. The van der Waals surface area contributed by atoms with Gasteiger partial charge in [0.1, 0.15) is 6.10 Å². The summed E-state index contributed by atoms with van der Waals surface area (Å²) in [5.74, 6) is 1.62. The zero-order valence-corrected chi connectivity index (χ0v) is 16.3. The molecule has 0 saturated heterocycles. The molecule has 4 rings (SSSR count). The topological polar surface area (TPSA) is 63.6 Å². The Morgan fingerprint density at radius 1 is 1.08 bits per heavy atom. The lowest BCUT2D eigenvalue weighted by Crippen LogP contribution is -2.53. The lowest BCUT2D eigenvalue weighted by atomic mass is 9.45. The number of rotatable bonds is 2. The zero-order chi connectivity index (χ0) is 18.7. The Morgan fingerprint density at radius 2 is 1.81 bits per heavy atom. The van der Waals surface area contributed by atoms with E-state index in [2.05, 4.69) is 13.8 Å². The van der Waals surface area contributed by atoms with Crippen LogP contribution in [-0.2, 0) is 14.3 Å². The van der Waals surface area contributed by atoms with Gasteiger partial charge in [-0.3, -0.25) is 4.79 Å². The molecule has 26 heavy (non-hydrogen) atoms. The fraction of sp³-hybridized carbons (Fsp3) is 0.818. The second kappa shape index (κ2) is 6.10. The minimum atomic E-state index is -0.733. The zero-order valence-electron chi connectivity index (χ0n) is 16.3. The number of ether oxygens (including phenoxy) is 1. The normalized spacial score (nSPS) is 47.2. The van der Waals surface area contributed by atoms with Crippen molar-refractivity contribution >= 4 is 11.9 Å². The maximum Gasteiger partial charge on any atom is 0.331 e. The molecule has 3 saturated carbocycles. The molecule has 4 aliphatic carbocycles. The molecular weight excluding hydrogens is 328 g/mol. The molecule has 0 unspecified atom stereocenters. The van der Waals surface area contributed by atoms with E-state index in [1.807, 2.05) is 6.08 Å². The van der Waals surface area contributed by atoms with E-state index >= 15 is 0 Å². The third-order valence-corrected chi connectivity index (χ3v) is 8.78. The van der Waals surface area contributed by atoms with Crippen LogP contribution in [0, 0.1) is 34.5 Å². The SMILES string of the molecule is CC(=O)O[C@H]1CC[C@H]2[C@@H]3CC[C@H]4CC=C(C(=O)O)C[C@]4(C)[C@H]3CC[C@]12C. The van der Waals surface area contributed by atoms with Gasteiger partial charge in [0.05, 0.1) is 0 Å². The van der Waals surface area contributed by atoms with Crippen molar-refractivity contribution in [3.8, 4) is 0 Å². The summed E-state index contributed by atoms with van der Waals surface area (Å²) in [5, 5.41) is 9.53.